The fourth-order valence-corrected chi connectivity index (χ4v) is 3.26. The van der Waals surface area contributed by atoms with Crippen LogP contribution in [-0.2, 0) is 24.8 Å². The summed E-state index contributed by atoms with van der Waals surface area (Å²) in [6.07, 6.45) is 2.87. The van der Waals surface area contributed by atoms with Gasteiger partial charge in [0.15, 0.2) is 0 Å². The smallest absolute Gasteiger partial charge is 0.237 e. The Morgan fingerprint density at radius 1 is 1.27 bits per heavy atom. The van der Waals surface area contributed by atoms with Crippen molar-refractivity contribution in [2.24, 2.45) is 7.05 Å². The Labute approximate surface area is 154 Å². The Morgan fingerprint density at radius 2 is 2.04 bits per heavy atom. The zero-order valence-corrected chi connectivity index (χ0v) is 16.0. The van der Waals surface area contributed by atoms with E-state index >= 15 is 0 Å². The molecule has 2 heterocycles. The maximum Gasteiger partial charge on any atom is 0.237 e. The van der Waals surface area contributed by atoms with Crippen molar-refractivity contribution in [1.82, 2.24) is 24.6 Å². The first-order valence-electron chi connectivity index (χ1n) is 8.91. The predicted molar refractivity (Wildman–Crippen MR) is 104 cm³/mol. The van der Waals surface area contributed by atoms with Crippen LogP contribution in [-0.4, -0.2) is 57.7 Å². The number of aromatic amines is 1. The number of aryl methyl sites for hydroxylation is 2. The lowest BCUT2D eigenvalue weighted by atomic mass is 10.1. The van der Waals surface area contributed by atoms with E-state index in [1.165, 1.54) is 10.9 Å². The number of nitrogens with one attached hydrogen (secondary N) is 1. The number of fused-ring (bicyclic) bond motifs is 1. The van der Waals surface area contributed by atoms with E-state index in [9.17, 15) is 4.79 Å². The number of benzene rings is 1. The average Bonchev–Trinajstić information content (AvgIpc) is 3.13. The molecule has 26 heavy (non-hydrogen) atoms. The highest BCUT2D eigenvalue weighted by Gasteiger charge is 2.17. The second kappa shape index (κ2) is 7.74. The fraction of sp³-hybridized carbons (Fsp3) is 0.400. The number of nitrogens with zero attached hydrogens (tertiary/aromatic N) is 4. The molecular formula is C20H27N5O. The van der Waals surface area contributed by atoms with E-state index in [0.29, 0.717) is 19.6 Å². The number of aromatic nitrogens is 3. The lowest BCUT2D eigenvalue weighted by Gasteiger charge is -2.24. The number of likely N-dealkylation sites (N-methyl/N-ethyl adjacent to an activating group) is 1. The maximum atomic E-state index is 12.7. The molecule has 138 valence electrons. The van der Waals surface area contributed by atoms with Gasteiger partial charge >= 0.3 is 0 Å². The van der Waals surface area contributed by atoms with E-state index in [1.807, 2.05) is 66.9 Å². The van der Waals surface area contributed by atoms with Crippen LogP contribution in [0.3, 0.4) is 0 Å². The summed E-state index contributed by atoms with van der Waals surface area (Å²) in [5.74, 6) is 0.133. The second-order valence-electron chi connectivity index (χ2n) is 7.06. The lowest BCUT2D eigenvalue weighted by molar-refractivity contribution is -0.132. The molecular weight excluding hydrogens is 326 g/mol. The minimum atomic E-state index is 0.133. The molecule has 0 spiro atoms. The zero-order valence-electron chi connectivity index (χ0n) is 16.0. The van der Waals surface area contributed by atoms with E-state index in [4.69, 9.17) is 0 Å². The summed E-state index contributed by atoms with van der Waals surface area (Å²) in [4.78, 5) is 19.9. The third-order valence-electron chi connectivity index (χ3n) is 4.58. The standard InChI is InChI=1S/C20H27N5O/c1-15-11-17(24(4)22-15)13-25(20(26)14-23(2)3)10-9-16-12-21-19-8-6-5-7-18(16)19/h5-8,11-12,21H,9-10,13-14H2,1-4H3. The van der Waals surface area contributed by atoms with Crippen molar-refractivity contribution in [2.75, 3.05) is 27.2 Å². The molecule has 0 aliphatic rings. The van der Waals surface area contributed by atoms with Gasteiger partial charge in [-0.2, -0.15) is 5.10 Å². The first kappa shape index (κ1) is 18.2. The first-order valence-corrected chi connectivity index (χ1v) is 8.91. The van der Waals surface area contributed by atoms with Crippen molar-refractivity contribution < 1.29 is 4.79 Å². The number of hydrogen-bond donors (Lipinski definition) is 1. The SMILES string of the molecule is Cc1cc(CN(CCc2c[nH]c3ccccc23)C(=O)CN(C)C)n(C)n1. The van der Waals surface area contributed by atoms with Crippen LogP contribution in [0.25, 0.3) is 10.9 Å². The molecule has 0 saturated carbocycles. The molecule has 0 saturated heterocycles. The molecule has 0 radical (unpaired) electrons. The number of hydrogen-bond acceptors (Lipinski definition) is 3. The van der Waals surface area contributed by atoms with Crippen LogP contribution >= 0.6 is 0 Å². The van der Waals surface area contributed by atoms with Crippen molar-refractivity contribution in [1.29, 1.82) is 0 Å². The molecule has 0 atom stereocenters. The highest BCUT2D eigenvalue weighted by molar-refractivity contribution is 5.83. The summed E-state index contributed by atoms with van der Waals surface area (Å²) in [6, 6.07) is 10.3. The van der Waals surface area contributed by atoms with Gasteiger partial charge in [0.2, 0.25) is 5.91 Å². The van der Waals surface area contributed by atoms with Crippen molar-refractivity contribution >= 4 is 16.8 Å². The lowest BCUT2D eigenvalue weighted by Crippen LogP contribution is -2.39. The molecule has 2 aromatic heterocycles. The Kier molecular flexibility index (Phi) is 5.42. The van der Waals surface area contributed by atoms with Crippen molar-refractivity contribution in [3.63, 3.8) is 0 Å². The molecule has 3 rings (SSSR count). The van der Waals surface area contributed by atoms with Crippen LogP contribution in [0.2, 0.25) is 0 Å². The Bertz CT molecular complexity index is 893. The topological polar surface area (TPSA) is 57.2 Å². The van der Waals surface area contributed by atoms with Crippen LogP contribution in [0.15, 0.2) is 36.5 Å². The van der Waals surface area contributed by atoms with E-state index < -0.39 is 0 Å². The van der Waals surface area contributed by atoms with Crippen LogP contribution in [0, 0.1) is 6.92 Å². The average molecular weight is 353 g/mol. The molecule has 1 N–H and O–H groups in total. The third-order valence-corrected chi connectivity index (χ3v) is 4.58. The highest BCUT2D eigenvalue weighted by atomic mass is 16.2. The molecule has 3 aromatic rings. The van der Waals surface area contributed by atoms with Crippen LogP contribution in [0.5, 0.6) is 0 Å². The fourth-order valence-electron chi connectivity index (χ4n) is 3.26. The summed E-state index contributed by atoms with van der Waals surface area (Å²) in [5.41, 5.74) is 4.40. The minimum absolute atomic E-state index is 0.133. The number of amides is 1. The third kappa shape index (κ3) is 4.14. The Balaban J connectivity index is 1.76. The van der Waals surface area contributed by atoms with Crippen molar-refractivity contribution in [3.8, 4) is 0 Å². The van der Waals surface area contributed by atoms with E-state index in [0.717, 1.165) is 23.3 Å². The summed E-state index contributed by atoms with van der Waals surface area (Å²) in [5, 5.41) is 5.62. The van der Waals surface area contributed by atoms with Gasteiger partial charge in [0.1, 0.15) is 0 Å². The predicted octanol–water partition coefficient (Wildman–Crippen LogP) is 2.34. The molecule has 6 nitrogen and oxygen atoms in total. The molecule has 0 aliphatic heterocycles. The summed E-state index contributed by atoms with van der Waals surface area (Å²) >= 11 is 0. The van der Waals surface area contributed by atoms with Gasteiger partial charge in [0, 0.05) is 30.7 Å². The summed E-state index contributed by atoms with van der Waals surface area (Å²) in [6.45, 7) is 3.64. The monoisotopic (exact) mass is 353 g/mol. The number of rotatable bonds is 7. The van der Waals surface area contributed by atoms with Gasteiger partial charge in [-0.15, -0.1) is 0 Å². The quantitative estimate of drug-likeness (QED) is 0.709. The first-order chi connectivity index (χ1) is 12.4. The summed E-state index contributed by atoms with van der Waals surface area (Å²) < 4.78 is 1.86. The number of carbonyl (C=O) groups excluding carboxylic acids is 1. The van der Waals surface area contributed by atoms with Gasteiger partial charge in [0.05, 0.1) is 24.5 Å². The van der Waals surface area contributed by atoms with Crippen molar-refractivity contribution in [3.05, 3.63) is 53.5 Å². The molecule has 1 aromatic carbocycles. The van der Waals surface area contributed by atoms with Gasteiger partial charge < -0.3 is 14.8 Å². The van der Waals surface area contributed by atoms with E-state index in [1.54, 1.807) is 0 Å². The second-order valence-corrected chi connectivity index (χ2v) is 7.06. The minimum Gasteiger partial charge on any atom is -0.361 e. The number of H-pyrrole nitrogens is 1. The van der Waals surface area contributed by atoms with Gasteiger partial charge in [-0.1, -0.05) is 18.2 Å². The van der Waals surface area contributed by atoms with E-state index in [2.05, 4.69) is 22.2 Å². The normalized spacial score (nSPS) is 11.4. The molecule has 0 aliphatic carbocycles. The van der Waals surface area contributed by atoms with Gasteiger partial charge in [-0.3, -0.25) is 9.48 Å². The molecule has 6 heteroatoms. The number of carbonyl (C=O) groups is 1. The van der Waals surface area contributed by atoms with Gasteiger partial charge in [-0.05, 0) is 45.1 Å². The number of para-hydroxylation sites is 1. The van der Waals surface area contributed by atoms with Gasteiger partial charge in [-0.25, -0.2) is 0 Å². The van der Waals surface area contributed by atoms with Crippen LogP contribution in [0.4, 0.5) is 0 Å². The molecule has 1 amide bonds. The zero-order chi connectivity index (χ0) is 18.7. The summed E-state index contributed by atoms with van der Waals surface area (Å²) in [7, 11) is 5.77. The van der Waals surface area contributed by atoms with E-state index in [-0.39, 0.29) is 5.91 Å². The maximum absolute atomic E-state index is 12.7. The highest BCUT2D eigenvalue weighted by Crippen LogP contribution is 2.19. The Hall–Kier alpha value is -2.60. The molecule has 0 fully saturated rings. The van der Waals surface area contributed by atoms with Crippen molar-refractivity contribution in [2.45, 2.75) is 19.9 Å². The molecule has 0 unspecified atom stereocenters. The van der Waals surface area contributed by atoms with Crippen LogP contribution in [0.1, 0.15) is 17.0 Å². The molecule has 0 bridgehead atoms. The largest absolute Gasteiger partial charge is 0.361 e. The van der Waals surface area contributed by atoms with Gasteiger partial charge in [0.25, 0.3) is 0 Å². The van der Waals surface area contributed by atoms with Crippen LogP contribution < -0.4 is 0 Å². The Morgan fingerprint density at radius 3 is 2.73 bits per heavy atom.